The fourth-order valence-electron chi connectivity index (χ4n) is 3.75. The highest BCUT2D eigenvalue weighted by Crippen LogP contribution is 2.38. The molecule has 1 aliphatic carbocycles. The van der Waals surface area contributed by atoms with Crippen molar-refractivity contribution in [2.75, 3.05) is 6.61 Å². The number of allylic oxidation sites excluding steroid dienone is 1. The highest BCUT2D eigenvalue weighted by atomic mass is 16.5. The summed E-state index contributed by atoms with van der Waals surface area (Å²) in [6.45, 7) is 3.33. The van der Waals surface area contributed by atoms with E-state index in [1.807, 2.05) is 42.5 Å². The molecular formula is C23H21NO4. The molecule has 3 aromatic rings. The van der Waals surface area contributed by atoms with Crippen LogP contribution in [0.2, 0.25) is 0 Å². The molecule has 0 fully saturated rings. The largest absolute Gasteiger partial charge is 0.465 e. The lowest BCUT2D eigenvalue weighted by molar-refractivity contribution is -0.120. The Kier molecular flexibility index (Phi) is 4.82. The van der Waals surface area contributed by atoms with Gasteiger partial charge in [-0.3, -0.25) is 4.79 Å². The quantitative estimate of drug-likeness (QED) is 0.619. The molecule has 0 spiro atoms. The number of carbonyl (C=O) groups excluding carboxylic acids is 2. The van der Waals surface area contributed by atoms with Crippen LogP contribution in [0.4, 0.5) is 0 Å². The molecule has 2 heterocycles. The fourth-order valence-corrected chi connectivity index (χ4v) is 3.75. The second-order valence-corrected chi connectivity index (χ2v) is 7.31. The van der Waals surface area contributed by atoms with Crippen molar-refractivity contribution in [1.29, 1.82) is 0 Å². The van der Waals surface area contributed by atoms with Crippen LogP contribution < -0.4 is 0 Å². The molecule has 4 rings (SSSR count). The number of rotatable bonds is 4. The van der Waals surface area contributed by atoms with Crippen LogP contribution in [-0.2, 0) is 16.0 Å². The fraction of sp³-hybridized carbons (Fsp3) is 0.261. The molecule has 2 aromatic heterocycles. The molecular weight excluding hydrogens is 354 g/mol. The lowest BCUT2D eigenvalue weighted by atomic mass is 9.81. The third-order valence-corrected chi connectivity index (χ3v) is 4.89. The molecule has 1 aromatic carbocycles. The monoisotopic (exact) mass is 375 g/mol. The first-order valence-electron chi connectivity index (χ1n) is 9.35. The smallest absolute Gasteiger partial charge is 0.339 e. The van der Waals surface area contributed by atoms with E-state index in [2.05, 4.69) is 6.92 Å². The van der Waals surface area contributed by atoms with E-state index in [1.54, 1.807) is 6.26 Å². The van der Waals surface area contributed by atoms with Crippen LogP contribution in [0, 0.1) is 5.92 Å². The Bertz CT molecular complexity index is 1080. The molecule has 0 saturated heterocycles. The first-order chi connectivity index (χ1) is 13.5. The maximum absolute atomic E-state index is 12.9. The van der Waals surface area contributed by atoms with Crippen LogP contribution in [0.15, 0.2) is 47.1 Å². The number of fused-ring (bicyclic) bond motifs is 2. The Morgan fingerprint density at radius 3 is 2.79 bits per heavy atom. The Morgan fingerprint density at radius 2 is 2.04 bits per heavy atom. The number of furan rings is 1. The zero-order chi connectivity index (χ0) is 19.7. The summed E-state index contributed by atoms with van der Waals surface area (Å²) in [5, 5.41) is 0.751. The molecule has 0 saturated carbocycles. The van der Waals surface area contributed by atoms with Crippen molar-refractivity contribution >= 4 is 34.3 Å². The van der Waals surface area contributed by atoms with Gasteiger partial charge in [-0.2, -0.15) is 0 Å². The van der Waals surface area contributed by atoms with Crippen molar-refractivity contribution in [2.45, 2.75) is 26.7 Å². The minimum atomic E-state index is -0.475. The molecule has 142 valence electrons. The van der Waals surface area contributed by atoms with Crippen molar-refractivity contribution < 1.29 is 18.7 Å². The third-order valence-electron chi connectivity index (χ3n) is 4.89. The Labute approximate surface area is 163 Å². The van der Waals surface area contributed by atoms with E-state index >= 15 is 0 Å². The van der Waals surface area contributed by atoms with Gasteiger partial charge in [0.25, 0.3) is 0 Å². The van der Waals surface area contributed by atoms with Crippen molar-refractivity contribution in [3.8, 4) is 0 Å². The molecule has 5 nitrogen and oxygen atoms in total. The first kappa shape index (κ1) is 18.2. The summed E-state index contributed by atoms with van der Waals surface area (Å²) in [4.78, 5) is 29.1. The predicted molar refractivity (Wildman–Crippen MR) is 107 cm³/mol. The minimum Gasteiger partial charge on any atom is -0.465 e. The number of ketones is 1. The van der Waals surface area contributed by atoms with E-state index < -0.39 is 5.97 Å². The summed E-state index contributed by atoms with van der Waals surface area (Å²) < 4.78 is 10.8. The van der Waals surface area contributed by atoms with Gasteiger partial charge in [-0.05, 0) is 61.1 Å². The number of hydrogen-bond donors (Lipinski definition) is 0. The number of benzene rings is 1. The van der Waals surface area contributed by atoms with E-state index in [0.29, 0.717) is 11.5 Å². The van der Waals surface area contributed by atoms with E-state index in [-0.39, 0.29) is 12.4 Å². The van der Waals surface area contributed by atoms with Gasteiger partial charge in [0.2, 0.25) is 0 Å². The standard InChI is InChI=1S/C23H21NO4/c1-14-10-16(12-17-6-5-9-27-17)22-19(11-14)21(23(26)28-13-15(2)25)18-7-3-4-8-20(18)24-22/h3-9,12,14H,10-11,13H2,1-2H3/b16-12-/t14-/m0/s1. The number of esters is 1. The molecule has 1 aliphatic rings. The average Bonchev–Trinajstić information content (AvgIpc) is 3.17. The Hall–Kier alpha value is -3.21. The van der Waals surface area contributed by atoms with Crippen LogP contribution >= 0.6 is 0 Å². The number of ether oxygens (including phenoxy) is 1. The molecule has 0 bridgehead atoms. The second-order valence-electron chi connectivity index (χ2n) is 7.31. The Morgan fingerprint density at radius 1 is 1.21 bits per heavy atom. The van der Waals surface area contributed by atoms with Gasteiger partial charge in [-0.15, -0.1) is 0 Å². The van der Waals surface area contributed by atoms with Gasteiger partial charge in [0.05, 0.1) is 23.0 Å². The van der Waals surface area contributed by atoms with E-state index in [0.717, 1.165) is 46.3 Å². The van der Waals surface area contributed by atoms with E-state index in [4.69, 9.17) is 14.1 Å². The predicted octanol–water partition coefficient (Wildman–Crippen LogP) is 4.70. The van der Waals surface area contributed by atoms with Gasteiger partial charge < -0.3 is 9.15 Å². The maximum atomic E-state index is 12.9. The highest BCUT2D eigenvalue weighted by Gasteiger charge is 2.29. The van der Waals surface area contributed by atoms with Crippen molar-refractivity contribution in [2.24, 2.45) is 5.92 Å². The number of hydrogen-bond acceptors (Lipinski definition) is 5. The number of nitrogens with zero attached hydrogens (tertiary/aromatic N) is 1. The van der Waals surface area contributed by atoms with Crippen molar-refractivity contribution in [3.63, 3.8) is 0 Å². The number of Topliss-reactive ketones (excluding diaryl/α,β-unsaturated/α-hetero) is 1. The molecule has 0 radical (unpaired) electrons. The van der Waals surface area contributed by atoms with Crippen LogP contribution in [0.3, 0.4) is 0 Å². The summed E-state index contributed by atoms with van der Waals surface area (Å²) in [7, 11) is 0. The van der Waals surface area contributed by atoms with Gasteiger partial charge in [0.1, 0.15) is 12.4 Å². The molecule has 0 amide bonds. The Balaban J connectivity index is 1.92. The van der Waals surface area contributed by atoms with Crippen LogP contribution in [0.5, 0.6) is 0 Å². The van der Waals surface area contributed by atoms with Gasteiger partial charge in [-0.1, -0.05) is 25.1 Å². The van der Waals surface area contributed by atoms with Gasteiger partial charge in [0.15, 0.2) is 5.78 Å². The number of carbonyl (C=O) groups is 2. The lowest BCUT2D eigenvalue weighted by Gasteiger charge is -2.26. The van der Waals surface area contributed by atoms with E-state index in [1.165, 1.54) is 6.92 Å². The minimum absolute atomic E-state index is 0.188. The average molecular weight is 375 g/mol. The summed E-state index contributed by atoms with van der Waals surface area (Å²) in [5.41, 5.74) is 3.97. The van der Waals surface area contributed by atoms with Crippen molar-refractivity contribution in [3.05, 3.63) is 65.2 Å². The number of para-hydroxylation sites is 1. The molecule has 0 unspecified atom stereocenters. The van der Waals surface area contributed by atoms with E-state index in [9.17, 15) is 9.59 Å². The van der Waals surface area contributed by atoms with Crippen LogP contribution in [0.25, 0.3) is 22.6 Å². The molecule has 28 heavy (non-hydrogen) atoms. The SMILES string of the molecule is CC(=O)COC(=O)c1c2c(nc3ccccc13)/C(=C\c1ccco1)C[C@H](C)C2. The first-order valence-corrected chi connectivity index (χ1v) is 9.35. The molecule has 5 heteroatoms. The normalized spacial score (nSPS) is 17.5. The molecule has 0 aliphatic heterocycles. The van der Waals surface area contributed by atoms with Crippen LogP contribution in [0.1, 0.15) is 47.6 Å². The number of pyridine rings is 1. The summed E-state index contributed by atoms with van der Waals surface area (Å²) >= 11 is 0. The van der Waals surface area contributed by atoms with Crippen molar-refractivity contribution in [1.82, 2.24) is 4.98 Å². The summed E-state index contributed by atoms with van der Waals surface area (Å²) in [5.74, 6) is 0.436. The lowest BCUT2D eigenvalue weighted by Crippen LogP contribution is -2.20. The highest BCUT2D eigenvalue weighted by molar-refractivity contribution is 6.07. The number of aromatic nitrogens is 1. The van der Waals surface area contributed by atoms with Gasteiger partial charge >= 0.3 is 5.97 Å². The zero-order valence-electron chi connectivity index (χ0n) is 15.9. The maximum Gasteiger partial charge on any atom is 0.339 e. The summed E-state index contributed by atoms with van der Waals surface area (Å²) in [6.07, 6.45) is 5.20. The molecule has 0 N–H and O–H groups in total. The zero-order valence-corrected chi connectivity index (χ0v) is 15.9. The van der Waals surface area contributed by atoms with Gasteiger partial charge in [-0.25, -0.2) is 9.78 Å². The second kappa shape index (κ2) is 7.43. The third kappa shape index (κ3) is 3.48. The topological polar surface area (TPSA) is 69.4 Å². The van der Waals surface area contributed by atoms with Gasteiger partial charge in [0, 0.05) is 5.39 Å². The summed E-state index contributed by atoms with van der Waals surface area (Å²) in [6, 6.07) is 11.3. The van der Waals surface area contributed by atoms with Crippen LogP contribution in [-0.4, -0.2) is 23.3 Å². The molecule has 1 atom stereocenters.